The van der Waals surface area contributed by atoms with Gasteiger partial charge in [0.15, 0.2) is 0 Å². The van der Waals surface area contributed by atoms with Crippen molar-refractivity contribution in [2.75, 3.05) is 7.05 Å². The summed E-state index contributed by atoms with van der Waals surface area (Å²) in [5.41, 5.74) is 1.90. The number of nitrogens with one attached hydrogen (secondary N) is 1. The highest BCUT2D eigenvalue weighted by Gasteiger charge is 2.13. The molecular weight excluding hydrogens is 227 g/mol. The standard InChI is InChI=1S/C15H17FN2/c1-17-15(13-6-2-3-7-14(13)16)9-8-12-5-4-10-18-11-12/h2-7,10-11,15,17H,8-9H2,1H3. The Morgan fingerprint density at radius 1 is 1.22 bits per heavy atom. The van der Waals surface area contributed by atoms with Crippen molar-refractivity contribution in [3.8, 4) is 0 Å². The normalized spacial score (nSPS) is 12.3. The van der Waals surface area contributed by atoms with Crippen molar-refractivity contribution in [2.45, 2.75) is 18.9 Å². The minimum atomic E-state index is -0.150. The number of nitrogens with zero attached hydrogens (tertiary/aromatic N) is 1. The van der Waals surface area contributed by atoms with Gasteiger partial charge in [-0.1, -0.05) is 24.3 Å². The predicted molar refractivity (Wildman–Crippen MR) is 70.8 cm³/mol. The minimum Gasteiger partial charge on any atom is -0.313 e. The fraction of sp³-hybridized carbons (Fsp3) is 0.267. The molecule has 2 aromatic rings. The molecule has 94 valence electrons. The lowest BCUT2D eigenvalue weighted by Crippen LogP contribution is -2.18. The van der Waals surface area contributed by atoms with Gasteiger partial charge in [-0.2, -0.15) is 0 Å². The summed E-state index contributed by atoms with van der Waals surface area (Å²) in [5.74, 6) is -0.150. The molecule has 0 bridgehead atoms. The summed E-state index contributed by atoms with van der Waals surface area (Å²) in [5, 5.41) is 3.17. The van der Waals surface area contributed by atoms with Crippen LogP contribution in [-0.2, 0) is 6.42 Å². The Morgan fingerprint density at radius 3 is 2.72 bits per heavy atom. The van der Waals surface area contributed by atoms with Gasteiger partial charge in [0.05, 0.1) is 0 Å². The number of benzene rings is 1. The third-order valence-electron chi connectivity index (χ3n) is 3.07. The van der Waals surface area contributed by atoms with Gasteiger partial charge >= 0.3 is 0 Å². The molecule has 0 saturated carbocycles. The van der Waals surface area contributed by atoms with Crippen molar-refractivity contribution in [3.05, 3.63) is 65.7 Å². The van der Waals surface area contributed by atoms with E-state index in [1.54, 1.807) is 12.3 Å². The van der Waals surface area contributed by atoms with Gasteiger partial charge in [-0.3, -0.25) is 4.98 Å². The summed E-state index contributed by atoms with van der Waals surface area (Å²) < 4.78 is 13.7. The fourth-order valence-corrected chi connectivity index (χ4v) is 2.07. The third-order valence-corrected chi connectivity index (χ3v) is 3.07. The van der Waals surface area contributed by atoms with Gasteiger partial charge in [0, 0.05) is 24.0 Å². The summed E-state index contributed by atoms with van der Waals surface area (Å²) in [6.45, 7) is 0. The molecule has 1 N–H and O–H groups in total. The second-order valence-electron chi connectivity index (χ2n) is 4.26. The van der Waals surface area contributed by atoms with Crippen LogP contribution in [0.2, 0.25) is 0 Å². The van der Waals surface area contributed by atoms with Crippen molar-refractivity contribution in [1.82, 2.24) is 10.3 Å². The summed E-state index contributed by atoms with van der Waals surface area (Å²) >= 11 is 0. The van der Waals surface area contributed by atoms with Gasteiger partial charge in [0.25, 0.3) is 0 Å². The van der Waals surface area contributed by atoms with E-state index in [-0.39, 0.29) is 11.9 Å². The van der Waals surface area contributed by atoms with E-state index in [0.29, 0.717) is 0 Å². The summed E-state index contributed by atoms with van der Waals surface area (Å²) in [7, 11) is 1.86. The minimum absolute atomic E-state index is 0.0337. The van der Waals surface area contributed by atoms with Crippen LogP contribution in [0.5, 0.6) is 0 Å². The van der Waals surface area contributed by atoms with E-state index < -0.39 is 0 Å². The van der Waals surface area contributed by atoms with E-state index in [2.05, 4.69) is 10.3 Å². The Morgan fingerprint density at radius 2 is 2.06 bits per heavy atom. The lowest BCUT2D eigenvalue weighted by atomic mass is 9.99. The van der Waals surface area contributed by atoms with Crippen molar-refractivity contribution < 1.29 is 4.39 Å². The highest BCUT2D eigenvalue weighted by molar-refractivity contribution is 5.21. The topological polar surface area (TPSA) is 24.9 Å². The lowest BCUT2D eigenvalue weighted by molar-refractivity contribution is 0.508. The summed E-state index contributed by atoms with van der Waals surface area (Å²) in [4.78, 5) is 4.08. The van der Waals surface area contributed by atoms with Crippen LogP contribution in [0.25, 0.3) is 0 Å². The maximum atomic E-state index is 13.7. The molecule has 0 amide bonds. The van der Waals surface area contributed by atoms with E-state index in [0.717, 1.165) is 18.4 Å². The second-order valence-corrected chi connectivity index (χ2v) is 4.26. The zero-order valence-corrected chi connectivity index (χ0v) is 10.4. The number of pyridine rings is 1. The number of aromatic nitrogens is 1. The molecule has 0 radical (unpaired) electrons. The molecule has 0 aliphatic carbocycles. The molecule has 3 heteroatoms. The van der Waals surface area contributed by atoms with Crippen molar-refractivity contribution in [3.63, 3.8) is 0 Å². The number of halogens is 1. The molecular formula is C15H17FN2. The Labute approximate surface area is 107 Å². The average molecular weight is 244 g/mol. The molecule has 0 aliphatic heterocycles. The van der Waals surface area contributed by atoms with Crippen molar-refractivity contribution in [1.29, 1.82) is 0 Å². The van der Waals surface area contributed by atoms with Crippen LogP contribution in [0.4, 0.5) is 4.39 Å². The molecule has 2 rings (SSSR count). The highest BCUT2D eigenvalue weighted by atomic mass is 19.1. The summed E-state index contributed by atoms with van der Waals surface area (Å²) in [6, 6.07) is 10.9. The molecule has 1 unspecified atom stereocenters. The SMILES string of the molecule is CNC(CCc1cccnc1)c1ccccc1F. The van der Waals surface area contributed by atoms with Crippen molar-refractivity contribution >= 4 is 0 Å². The molecule has 1 aromatic heterocycles. The molecule has 0 spiro atoms. The number of aryl methyl sites for hydroxylation is 1. The van der Waals surface area contributed by atoms with Crippen LogP contribution in [0, 0.1) is 5.82 Å². The largest absolute Gasteiger partial charge is 0.313 e. The first-order valence-electron chi connectivity index (χ1n) is 6.12. The van der Waals surface area contributed by atoms with Gasteiger partial charge in [0.1, 0.15) is 5.82 Å². The maximum absolute atomic E-state index is 13.7. The van der Waals surface area contributed by atoms with E-state index >= 15 is 0 Å². The highest BCUT2D eigenvalue weighted by Crippen LogP contribution is 2.21. The quantitative estimate of drug-likeness (QED) is 0.874. The molecule has 1 aromatic carbocycles. The smallest absolute Gasteiger partial charge is 0.127 e. The lowest BCUT2D eigenvalue weighted by Gasteiger charge is -2.17. The maximum Gasteiger partial charge on any atom is 0.127 e. The Hall–Kier alpha value is -1.74. The molecule has 2 nitrogen and oxygen atoms in total. The summed E-state index contributed by atoms with van der Waals surface area (Å²) in [6.07, 6.45) is 5.35. The molecule has 1 atom stereocenters. The molecule has 0 saturated heterocycles. The fourth-order valence-electron chi connectivity index (χ4n) is 2.07. The van der Waals surface area contributed by atoms with Gasteiger partial charge in [0.2, 0.25) is 0 Å². The average Bonchev–Trinajstić information content (AvgIpc) is 2.42. The van der Waals surface area contributed by atoms with Crippen LogP contribution >= 0.6 is 0 Å². The van der Waals surface area contributed by atoms with Gasteiger partial charge in [-0.25, -0.2) is 4.39 Å². The zero-order chi connectivity index (χ0) is 12.8. The Balaban J connectivity index is 2.04. The number of rotatable bonds is 5. The second kappa shape index (κ2) is 6.26. The number of hydrogen-bond donors (Lipinski definition) is 1. The predicted octanol–water partition coefficient (Wildman–Crippen LogP) is 3.11. The first-order valence-corrected chi connectivity index (χ1v) is 6.12. The van der Waals surface area contributed by atoms with Gasteiger partial charge < -0.3 is 5.32 Å². The monoisotopic (exact) mass is 244 g/mol. The van der Waals surface area contributed by atoms with E-state index in [4.69, 9.17) is 0 Å². The van der Waals surface area contributed by atoms with Crippen LogP contribution in [0.15, 0.2) is 48.8 Å². The number of hydrogen-bond acceptors (Lipinski definition) is 2. The van der Waals surface area contributed by atoms with Gasteiger partial charge in [-0.15, -0.1) is 0 Å². The van der Waals surface area contributed by atoms with E-state index in [9.17, 15) is 4.39 Å². The molecule has 0 fully saturated rings. The van der Waals surface area contributed by atoms with E-state index in [1.165, 1.54) is 11.6 Å². The van der Waals surface area contributed by atoms with Crippen molar-refractivity contribution in [2.24, 2.45) is 0 Å². The first kappa shape index (κ1) is 12.7. The molecule has 0 aliphatic rings. The molecule has 18 heavy (non-hydrogen) atoms. The van der Waals surface area contributed by atoms with Crippen LogP contribution in [0.3, 0.4) is 0 Å². The first-order chi connectivity index (χ1) is 8.81. The van der Waals surface area contributed by atoms with Gasteiger partial charge in [-0.05, 0) is 37.6 Å². The molecule has 1 heterocycles. The third kappa shape index (κ3) is 3.14. The Bertz CT molecular complexity index is 485. The Kier molecular flexibility index (Phi) is 4.42. The zero-order valence-electron chi connectivity index (χ0n) is 10.4. The van der Waals surface area contributed by atoms with E-state index in [1.807, 2.05) is 37.5 Å². The van der Waals surface area contributed by atoms with Crippen LogP contribution in [0.1, 0.15) is 23.6 Å². The van der Waals surface area contributed by atoms with Crippen LogP contribution in [-0.4, -0.2) is 12.0 Å². The van der Waals surface area contributed by atoms with Crippen LogP contribution < -0.4 is 5.32 Å².